The molecule has 0 aliphatic rings. The fourth-order valence-corrected chi connectivity index (χ4v) is 4.19. The van der Waals surface area contributed by atoms with Gasteiger partial charge in [-0.2, -0.15) is 5.10 Å². The second-order valence-corrected chi connectivity index (χ2v) is 14.7. The lowest BCUT2D eigenvalue weighted by Crippen LogP contribution is -2.24. The maximum absolute atomic E-state index is 12.6. The quantitative estimate of drug-likeness (QED) is 0.354. The largest absolute Gasteiger partial charge is 0.480 e. The Morgan fingerprint density at radius 2 is 2.07 bits per heavy atom. The number of hydrogen-bond donors (Lipinski definition) is 1. The van der Waals surface area contributed by atoms with Gasteiger partial charge in [-0.3, -0.25) is 4.79 Å². The van der Waals surface area contributed by atoms with Crippen LogP contribution in [0.25, 0.3) is 10.9 Å². The minimum absolute atomic E-state index is 0.242. The molecule has 0 atom stereocenters. The standard InChI is InChI=1S/C21H27BrN4O3Si/c1-28-21-16(6-5-9-23-21)20(27)24-12-15-7-8-18(22)17-13-25-26(19(15)17)14-29-10-11-30(2,3)4/h5-9,13H,10-12,14H2,1-4H3,(H,24,27). The van der Waals surface area contributed by atoms with Crippen molar-refractivity contribution in [1.29, 1.82) is 0 Å². The second-order valence-electron chi connectivity index (χ2n) is 8.20. The van der Waals surface area contributed by atoms with E-state index >= 15 is 0 Å². The molecule has 2 heterocycles. The second kappa shape index (κ2) is 9.72. The molecule has 0 saturated heterocycles. The summed E-state index contributed by atoms with van der Waals surface area (Å²) in [4.78, 5) is 16.7. The number of carbonyl (C=O) groups excluding carboxylic acids is 1. The fraction of sp³-hybridized carbons (Fsp3) is 0.381. The Balaban J connectivity index is 1.76. The summed E-state index contributed by atoms with van der Waals surface area (Å²) in [6.07, 6.45) is 3.41. The Kier molecular flexibility index (Phi) is 7.27. The average molecular weight is 491 g/mol. The molecule has 0 aliphatic carbocycles. The molecule has 160 valence electrons. The third-order valence-corrected chi connectivity index (χ3v) is 7.09. The molecule has 1 aromatic carbocycles. The zero-order valence-electron chi connectivity index (χ0n) is 17.7. The van der Waals surface area contributed by atoms with E-state index in [4.69, 9.17) is 9.47 Å². The summed E-state index contributed by atoms with van der Waals surface area (Å²) in [5.41, 5.74) is 2.29. The van der Waals surface area contributed by atoms with Gasteiger partial charge in [0.1, 0.15) is 12.3 Å². The van der Waals surface area contributed by atoms with Gasteiger partial charge in [0.05, 0.1) is 18.8 Å². The number of pyridine rings is 1. The molecule has 3 aromatic rings. The summed E-state index contributed by atoms with van der Waals surface area (Å²) >= 11 is 3.59. The SMILES string of the molecule is COc1ncccc1C(=O)NCc1ccc(Br)c2cnn(COCC[Si](C)(C)C)c12. The highest BCUT2D eigenvalue weighted by Gasteiger charge is 2.16. The molecule has 0 unspecified atom stereocenters. The number of nitrogens with one attached hydrogen (secondary N) is 1. The first-order valence-electron chi connectivity index (χ1n) is 9.78. The Morgan fingerprint density at radius 3 is 2.80 bits per heavy atom. The van der Waals surface area contributed by atoms with Crippen LogP contribution in [0.4, 0.5) is 0 Å². The van der Waals surface area contributed by atoms with Crippen molar-refractivity contribution in [3.63, 3.8) is 0 Å². The van der Waals surface area contributed by atoms with Crippen LogP contribution in [0.1, 0.15) is 15.9 Å². The monoisotopic (exact) mass is 490 g/mol. The van der Waals surface area contributed by atoms with Gasteiger partial charge < -0.3 is 14.8 Å². The molecule has 3 rings (SSSR count). The van der Waals surface area contributed by atoms with Crippen molar-refractivity contribution in [3.05, 3.63) is 52.3 Å². The molecule has 1 amide bonds. The summed E-state index contributed by atoms with van der Waals surface area (Å²) in [6.45, 7) is 8.43. The lowest BCUT2D eigenvalue weighted by molar-refractivity contribution is 0.0816. The van der Waals surface area contributed by atoms with E-state index in [1.807, 2.05) is 23.0 Å². The smallest absolute Gasteiger partial charge is 0.257 e. The number of hydrogen-bond acceptors (Lipinski definition) is 5. The summed E-state index contributed by atoms with van der Waals surface area (Å²) in [5.74, 6) is 0.0604. The Bertz CT molecular complexity index is 1030. The predicted molar refractivity (Wildman–Crippen MR) is 123 cm³/mol. The van der Waals surface area contributed by atoms with Gasteiger partial charge in [0, 0.05) is 37.3 Å². The van der Waals surface area contributed by atoms with Crippen molar-refractivity contribution >= 4 is 40.8 Å². The Morgan fingerprint density at radius 1 is 1.27 bits per heavy atom. The first-order chi connectivity index (χ1) is 14.3. The minimum Gasteiger partial charge on any atom is -0.480 e. The van der Waals surface area contributed by atoms with Crippen molar-refractivity contribution in [2.75, 3.05) is 13.7 Å². The number of nitrogens with zero attached hydrogens (tertiary/aromatic N) is 3. The number of amides is 1. The summed E-state index contributed by atoms with van der Waals surface area (Å²) in [7, 11) is 0.355. The number of ether oxygens (including phenoxy) is 2. The topological polar surface area (TPSA) is 78.3 Å². The van der Waals surface area contributed by atoms with Crippen LogP contribution in [-0.4, -0.2) is 42.5 Å². The molecule has 0 aliphatic heterocycles. The van der Waals surface area contributed by atoms with Gasteiger partial charge in [0.2, 0.25) is 5.88 Å². The molecule has 0 radical (unpaired) electrons. The number of aromatic nitrogens is 3. The minimum atomic E-state index is -1.14. The number of halogens is 1. The van der Waals surface area contributed by atoms with Crippen LogP contribution in [0.3, 0.4) is 0 Å². The summed E-state index contributed by atoms with van der Waals surface area (Å²) in [5, 5.41) is 8.43. The zero-order chi connectivity index (χ0) is 21.7. The maximum Gasteiger partial charge on any atom is 0.257 e. The Hall–Kier alpha value is -2.23. The van der Waals surface area contributed by atoms with Crippen LogP contribution in [0.2, 0.25) is 25.7 Å². The molecule has 0 spiro atoms. The van der Waals surface area contributed by atoms with Crippen LogP contribution in [-0.2, 0) is 18.0 Å². The van der Waals surface area contributed by atoms with E-state index in [0.29, 0.717) is 24.7 Å². The van der Waals surface area contributed by atoms with Crippen LogP contribution >= 0.6 is 15.9 Å². The maximum atomic E-state index is 12.6. The first kappa shape index (κ1) is 22.5. The van der Waals surface area contributed by atoms with Gasteiger partial charge in [-0.1, -0.05) is 41.6 Å². The van der Waals surface area contributed by atoms with Gasteiger partial charge in [-0.05, 0) is 29.8 Å². The molecule has 9 heteroatoms. The molecule has 30 heavy (non-hydrogen) atoms. The number of methoxy groups -OCH3 is 1. The van der Waals surface area contributed by atoms with E-state index in [2.05, 4.69) is 51.0 Å². The lowest BCUT2D eigenvalue weighted by atomic mass is 10.1. The van der Waals surface area contributed by atoms with E-state index < -0.39 is 8.07 Å². The van der Waals surface area contributed by atoms with E-state index in [1.54, 1.807) is 18.3 Å². The summed E-state index contributed by atoms with van der Waals surface area (Å²) in [6, 6.07) is 8.45. The molecule has 0 saturated carbocycles. The van der Waals surface area contributed by atoms with Gasteiger partial charge in [-0.15, -0.1) is 0 Å². The Labute approximate surface area is 185 Å². The highest BCUT2D eigenvalue weighted by molar-refractivity contribution is 9.10. The van der Waals surface area contributed by atoms with Crippen molar-refractivity contribution in [1.82, 2.24) is 20.1 Å². The normalized spacial score (nSPS) is 11.6. The van der Waals surface area contributed by atoms with Gasteiger partial charge in [0.25, 0.3) is 5.91 Å². The number of benzene rings is 1. The van der Waals surface area contributed by atoms with E-state index in [-0.39, 0.29) is 5.91 Å². The molecular formula is C21H27BrN4O3Si. The molecule has 0 bridgehead atoms. The van der Waals surface area contributed by atoms with Crippen molar-refractivity contribution in [2.45, 2.75) is 39.0 Å². The van der Waals surface area contributed by atoms with Crippen molar-refractivity contribution in [2.24, 2.45) is 0 Å². The van der Waals surface area contributed by atoms with E-state index in [9.17, 15) is 4.79 Å². The summed E-state index contributed by atoms with van der Waals surface area (Å²) < 4.78 is 13.9. The predicted octanol–water partition coefficient (Wildman–Crippen LogP) is 4.44. The molecule has 2 aromatic heterocycles. The van der Waals surface area contributed by atoms with Gasteiger partial charge in [-0.25, -0.2) is 9.67 Å². The zero-order valence-corrected chi connectivity index (χ0v) is 20.3. The van der Waals surface area contributed by atoms with Crippen LogP contribution in [0.5, 0.6) is 5.88 Å². The van der Waals surface area contributed by atoms with Crippen LogP contribution < -0.4 is 10.1 Å². The molecular weight excluding hydrogens is 464 g/mol. The third-order valence-electron chi connectivity index (χ3n) is 4.69. The van der Waals surface area contributed by atoms with Gasteiger partial charge in [0.15, 0.2) is 0 Å². The highest BCUT2D eigenvalue weighted by Crippen LogP contribution is 2.27. The lowest BCUT2D eigenvalue weighted by Gasteiger charge is -2.16. The number of carbonyl (C=O) groups is 1. The van der Waals surface area contributed by atoms with Gasteiger partial charge >= 0.3 is 0 Å². The number of rotatable bonds is 9. The molecule has 1 N–H and O–H groups in total. The number of fused-ring (bicyclic) bond motifs is 1. The molecule has 7 nitrogen and oxygen atoms in total. The van der Waals surface area contributed by atoms with E-state index in [1.165, 1.54) is 7.11 Å². The van der Waals surface area contributed by atoms with Crippen molar-refractivity contribution in [3.8, 4) is 5.88 Å². The first-order valence-corrected chi connectivity index (χ1v) is 14.3. The third kappa shape index (κ3) is 5.47. The van der Waals surface area contributed by atoms with Crippen LogP contribution in [0.15, 0.2) is 41.1 Å². The highest BCUT2D eigenvalue weighted by atomic mass is 79.9. The average Bonchev–Trinajstić information content (AvgIpc) is 3.15. The van der Waals surface area contributed by atoms with Crippen LogP contribution in [0, 0.1) is 0 Å². The fourth-order valence-electron chi connectivity index (χ4n) is 3.01. The molecule has 0 fully saturated rings. The van der Waals surface area contributed by atoms with E-state index in [0.717, 1.165) is 33.6 Å². The van der Waals surface area contributed by atoms with Crippen molar-refractivity contribution < 1.29 is 14.3 Å².